The number of amides is 1. The number of rotatable bonds is 3. The molecule has 19 heavy (non-hydrogen) atoms. The van der Waals surface area contributed by atoms with Crippen LogP contribution in [0.1, 0.15) is 6.92 Å². The fourth-order valence-electron chi connectivity index (χ4n) is 0.853. The molecule has 108 valence electrons. The molecule has 0 aliphatic rings. The maximum Gasteiger partial charge on any atom is 0.348 e. The highest BCUT2D eigenvalue weighted by Gasteiger charge is 2.14. The van der Waals surface area contributed by atoms with Crippen LogP contribution in [0.25, 0.3) is 0 Å². The Labute approximate surface area is 109 Å². The highest BCUT2D eigenvalue weighted by Crippen LogP contribution is 1.84. The fourth-order valence-corrected chi connectivity index (χ4v) is 0.853. The van der Waals surface area contributed by atoms with Crippen LogP contribution in [0.15, 0.2) is 12.7 Å². The van der Waals surface area contributed by atoms with Crippen molar-refractivity contribution in [3.63, 3.8) is 0 Å². The third-order valence-corrected chi connectivity index (χ3v) is 1.67. The smallest absolute Gasteiger partial charge is 0.348 e. The van der Waals surface area contributed by atoms with E-state index in [0.717, 1.165) is 0 Å². The minimum absolute atomic E-state index is 0.162. The first kappa shape index (κ1) is 17.2. The van der Waals surface area contributed by atoms with E-state index >= 15 is 0 Å². The number of carboxylic acids is 1. The van der Waals surface area contributed by atoms with E-state index in [9.17, 15) is 9.59 Å². The van der Waals surface area contributed by atoms with E-state index in [-0.39, 0.29) is 12.5 Å². The molecule has 0 aliphatic carbocycles. The van der Waals surface area contributed by atoms with Gasteiger partial charge in [0, 0.05) is 6.92 Å². The summed E-state index contributed by atoms with van der Waals surface area (Å²) in [7, 11) is -3.38. The molecule has 0 saturated carbocycles. The van der Waals surface area contributed by atoms with Crippen LogP contribution >= 0.6 is 0 Å². The minimum Gasteiger partial charge on any atom is -0.478 e. The Morgan fingerprint density at radius 3 is 2.26 bits per heavy atom. The van der Waals surface area contributed by atoms with E-state index < -0.39 is 16.2 Å². The van der Waals surface area contributed by atoms with Crippen molar-refractivity contribution in [2.45, 2.75) is 13.5 Å². The SMILES string of the molecule is CC(=O)N(C)n1cn[n+](CC(=O)O)c1.[O-][Cl+3]([O-])([O-])[O-]. The molecule has 1 N–H and O–H groups in total. The number of aromatic nitrogens is 3. The Morgan fingerprint density at radius 1 is 1.42 bits per heavy atom. The van der Waals surface area contributed by atoms with Crippen molar-refractivity contribution in [3.05, 3.63) is 12.7 Å². The summed E-state index contributed by atoms with van der Waals surface area (Å²) in [5.41, 5.74) is 0. The van der Waals surface area contributed by atoms with Crippen molar-refractivity contribution >= 4 is 11.9 Å². The van der Waals surface area contributed by atoms with Gasteiger partial charge in [-0.05, 0) is 5.10 Å². The van der Waals surface area contributed by atoms with Gasteiger partial charge in [0.25, 0.3) is 12.2 Å². The predicted octanol–water partition coefficient (Wildman–Crippen LogP) is -6.39. The number of hydrogen-bond acceptors (Lipinski definition) is 7. The largest absolute Gasteiger partial charge is 0.478 e. The van der Waals surface area contributed by atoms with Gasteiger partial charge in [-0.25, -0.2) is 23.4 Å². The summed E-state index contributed by atoms with van der Waals surface area (Å²) in [6.45, 7) is 1.18. The van der Waals surface area contributed by atoms with Gasteiger partial charge in [-0.15, -0.1) is 19.6 Å². The molecule has 0 saturated heterocycles. The normalized spacial score (nSPS) is 10.4. The lowest BCUT2D eigenvalue weighted by molar-refractivity contribution is -2.00. The van der Waals surface area contributed by atoms with Gasteiger partial charge in [-0.1, -0.05) is 0 Å². The number of carbonyl (C=O) groups excluding carboxylic acids is 1. The predicted molar refractivity (Wildman–Crippen MR) is 44.9 cm³/mol. The summed E-state index contributed by atoms with van der Waals surface area (Å²) in [6.07, 6.45) is 2.79. The molecule has 0 unspecified atom stereocenters. The monoisotopic (exact) mass is 298 g/mol. The number of carboxylic acid groups (broad SMARTS) is 1. The highest BCUT2D eigenvalue weighted by molar-refractivity contribution is 5.82. The van der Waals surface area contributed by atoms with Gasteiger partial charge in [0.05, 0.1) is 7.05 Å². The molecule has 0 atom stereocenters. The summed E-state index contributed by atoms with van der Waals surface area (Å²) in [4.78, 5) is 21.3. The molecule has 12 heteroatoms. The molecule has 0 bridgehead atoms. The standard InChI is InChI=1S/C7H10N4O3.ClHO4/c1-6(12)9(2)11-4-8-10(5-11)3-7(13)14;2-1(3,4)5/h4-5H,3H2,1-2H3;(H,2,3,4,5). The van der Waals surface area contributed by atoms with Crippen LogP contribution in [0.4, 0.5) is 0 Å². The lowest BCUT2D eigenvalue weighted by Gasteiger charge is -2.17. The van der Waals surface area contributed by atoms with Gasteiger partial charge in [0.1, 0.15) is 0 Å². The van der Waals surface area contributed by atoms with Crippen molar-refractivity contribution in [1.82, 2.24) is 9.77 Å². The number of carbonyl (C=O) groups is 2. The van der Waals surface area contributed by atoms with E-state index in [4.69, 9.17) is 23.7 Å². The first-order chi connectivity index (χ1) is 8.50. The molecule has 0 aliphatic heterocycles. The van der Waals surface area contributed by atoms with Crippen molar-refractivity contribution in [1.29, 1.82) is 0 Å². The molecule has 1 aromatic heterocycles. The maximum atomic E-state index is 10.9. The number of aliphatic carboxylic acids is 1. The molecule has 1 amide bonds. The van der Waals surface area contributed by atoms with Crippen LogP contribution in [-0.2, 0) is 16.1 Å². The first-order valence-corrected chi connectivity index (χ1v) is 5.76. The van der Waals surface area contributed by atoms with Crippen LogP contribution in [0.3, 0.4) is 0 Å². The second-order valence-electron chi connectivity index (χ2n) is 3.14. The fraction of sp³-hybridized carbons (Fsp3) is 0.429. The Balaban J connectivity index is 0.000000555. The van der Waals surface area contributed by atoms with Gasteiger partial charge in [0.15, 0.2) is 0 Å². The molecule has 0 aromatic carbocycles. The van der Waals surface area contributed by atoms with E-state index in [1.165, 1.54) is 33.9 Å². The average Bonchev–Trinajstić information content (AvgIpc) is 2.61. The average molecular weight is 299 g/mol. The lowest BCUT2D eigenvalue weighted by Crippen LogP contribution is -2.68. The van der Waals surface area contributed by atoms with Gasteiger partial charge in [-0.3, -0.25) is 4.79 Å². The molecular weight excluding hydrogens is 288 g/mol. The number of hydrogen-bond donors (Lipinski definition) is 1. The second-order valence-corrected chi connectivity index (χ2v) is 3.89. The van der Waals surface area contributed by atoms with E-state index in [0.29, 0.717) is 0 Å². The summed E-state index contributed by atoms with van der Waals surface area (Å²) < 4.78 is 36.6. The van der Waals surface area contributed by atoms with Gasteiger partial charge < -0.3 is 5.11 Å². The summed E-state index contributed by atoms with van der Waals surface area (Å²) in [6, 6.07) is 0. The Hall–Kier alpha value is -1.79. The number of halogens is 1. The van der Waals surface area contributed by atoms with Crippen LogP contribution < -0.4 is 28.3 Å². The molecule has 0 radical (unpaired) electrons. The third-order valence-electron chi connectivity index (χ3n) is 1.67. The summed E-state index contributed by atoms with van der Waals surface area (Å²) in [5, 5.41) is 13.5. The topological polar surface area (TPSA) is 172 Å². The Bertz CT molecular complexity index is 437. The molecule has 1 rings (SSSR count). The molecule has 0 spiro atoms. The highest BCUT2D eigenvalue weighted by atomic mass is 35.7. The maximum absolute atomic E-state index is 10.9. The van der Waals surface area contributed by atoms with Crippen molar-refractivity contribution in [2.75, 3.05) is 12.1 Å². The van der Waals surface area contributed by atoms with Crippen LogP contribution in [0, 0.1) is 10.2 Å². The summed E-state index contributed by atoms with van der Waals surface area (Å²) in [5.74, 6) is -1.14. The van der Waals surface area contributed by atoms with Gasteiger partial charge >= 0.3 is 5.97 Å². The van der Waals surface area contributed by atoms with Crippen LogP contribution in [0.5, 0.6) is 0 Å². The zero-order valence-electron chi connectivity index (χ0n) is 9.93. The van der Waals surface area contributed by atoms with Crippen LogP contribution in [0.2, 0.25) is 0 Å². The van der Waals surface area contributed by atoms with E-state index in [1.54, 1.807) is 7.05 Å². The first-order valence-electron chi connectivity index (χ1n) is 4.52. The minimum atomic E-state index is -4.94. The van der Waals surface area contributed by atoms with Crippen molar-refractivity contribution in [2.24, 2.45) is 0 Å². The summed E-state index contributed by atoms with van der Waals surface area (Å²) >= 11 is 0. The second kappa shape index (κ2) is 6.96. The Kier molecular flexibility index (Phi) is 6.31. The quantitative estimate of drug-likeness (QED) is 0.536. The van der Waals surface area contributed by atoms with E-state index in [1.807, 2.05) is 0 Å². The van der Waals surface area contributed by atoms with Gasteiger partial charge in [-0.2, -0.15) is 5.01 Å². The molecule has 11 nitrogen and oxygen atoms in total. The van der Waals surface area contributed by atoms with E-state index in [2.05, 4.69) is 5.10 Å². The lowest BCUT2D eigenvalue weighted by atomic mass is 10.7. The van der Waals surface area contributed by atoms with Crippen LogP contribution in [-0.4, -0.2) is 33.8 Å². The number of nitrogens with zero attached hydrogens (tertiary/aromatic N) is 4. The van der Waals surface area contributed by atoms with Gasteiger partial charge in [0.2, 0.25) is 12.9 Å². The molecular formula is C7H11ClN4O7. The molecule has 1 heterocycles. The third kappa shape index (κ3) is 8.87. The zero-order chi connectivity index (χ0) is 15.2. The molecule has 0 fully saturated rings. The molecule has 1 aromatic rings. The van der Waals surface area contributed by atoms with Crippen molar-refractivity contribution < 1.29 is 48.3 Å². The Morgan fingerprint density at radius 2 is 1.89 bits per heavy atom. The van der Waals surface area contributed by atoms with Crippen molar-refractivity contribution in [3.8, 4) is 0 Å². The zero-order valence-corrected chi connectivity index (χ0v) is 10.7.